The van der Waals surface area contributed by atoms with Gasteiger partial charge in [-0.3, -0.25) is 4.98 Å². The molecule has 1 amide bonds. The monoisotopic (exact) mass is 527 g/mol. The highest BCUT2D eigenvalue weighted by Gasteiger charge is 2.31. The number of aryl methyl sites for hydroxylation is 1. The van der Waals surface area contributed by atoms with Gasteiger partial charge < -0.3 is 19.6 Å². The van der Waals surface area contributed by atoms with Crippen LogP contribution >= 0.6 is 22.9 Å². The number of halogens is 1. The van der Waals surface area contributed by atoms with Crippen molar-refractivity contribution in [2.24, 2.45) is 0 Å². The molecular weight excluding hydrogens is 494 g/mol. The van der Waals surface area contributed by atoms with Crippen LogP contribution in [0.15, 0.2) is 30.5 Å². The largest absolute Gasteiger partial charge is 0.444 e. The van der Waals surface area contributed by atoms with E-state index in [1.165, 1.54) is 11.3 Å². The Morgan fingerprint density at radius 2 is 2.00 bits per heavy atom. The third kappa shape index (κ3) is 5.20. The maximum absolute atomic E-state index is 12.7. The van der Waals surface area contributed by atoms with Crippen LogP contribution in [0.4, 0.5) is 10.5 Å². The molecule has 1 N–H and O–H groups in total. The first kappa shape index (κ1) is 25.3. The lowest BCUT2D eigenvalue weighted by Gasteiger charge is -2.39. The number of carbonyl (C=O) groups excluding carboxylic acids is 1. The van der Waals surface area contributed by atoms with Crippen LogP contribution < -0.4 is 4.90 Å². The van der Waals surface area contributed by atoms with Crippen molar-refractivity contribution in [3.05, 3.63) is 45.9 Å². The molecule has 0 spiro atoms. The van der Waals surface area contributed by atoms with E-state index in [2.05, 4.69) is 28.1 Å². The molecule has 2 aromatic heterocycles. The minimum absolute atomic E-state index is 0.0104. The first-order valence-electron chi connectivity index (χ1n) is 12.8. The first-order valence-corrected chi connectivity index (χ1v) is 14.0. The molecule has 3 aromatic rings. The lowest BCUT2D eigenvalue weighted by molar-refractivity contribution is 0.0256. The zero-order valence-electron chi connectivity index (χ0n) is 21.2. The number of aromatic nitrogens is 1. The number of hydrogen-bond donors (Lipinski definition) is 1. The van der Waals surface area contributed by atoms with Crippen LogP contribution in [0.2, 0.25) is 5.02 Å². The van der Waals surface area contributed by atoms with E-state index in [1.54, 1.807) is 11.3 Å². The Morgan fingerprint density at radius 1 is 1.17 bits per heavy atom. The van der Waals surface area contributed by atoms with Crippen LogP contribution in [0, 0.1) is 0 Å². The van der Waals surface area contributed by atoms with E-state index < -0.39 is 5.60 Å². The molecule has 0 unspecified atom stereocenters. The Hall–Kier alpha value is -2.35. The molecule has 6 nitrogen and oxygen atoms in total. The van der Waals surface area contributed by atoms with Gasteiger partial charge in [0.25, 0.3) is 0 Å². The molecule has 0 aliphatic carbocycles. The van der Waals surface area contributed by atoms with E-state index in [-0.39, 0.29) is 12.7 Å². The summed E-state index contributed by atoms with van der Waals surface area (Å²) in [6, 6.07) is 8.56. The number of benzene rings is 1. The molecule has 1 atom stereocenters. The van der Waals surface area contributed by atoms with E-state index in [1.807, 2.05) is 37.9 Å². The van der Waals surface area contributed by atoms with Crippen LogP contribution in [0.25, 0.3) is 21.3 Å². The molecule has 0 saturated carbocycles. The molecule has 5 rings (SSSR count). The van der Waals surface area contributed by atoms with E-state index in [0.29, 0.717) is 12.6 Å². The molecule has 8 heteroatoms. The highest BCUT2D eigenvalue weighted by molar-refractivity contribution is 7.19. The topological polar surface area (TPSA) is 65.9 Å². The van der Waals surface area contributed by atoms with E-state index in [9.17, 15) is 9.90 Å². The number of pyridine rings is 1. The summed E-state index contributed by atoms with van der Waals surface area (Å²) >= 11 is 8.24. The van der Waals surface area contributed by atoms with Crippen molar-refractivity contribution in [3.63, 3.8) is 0 Å². The van der Waals surface area contributed by atoms with Gasteiger partial charge in [-0.15, -0.1) is 11.3 Å². The summed E-state index contributed by atoms with van der Waals surface area (Å²) in [7, 11) is 0. The molecule has 1 saturated heterocycles. The van der Waals surface area contributed by atoms with Crippen molar-refractivity contribution >= 4 is 44.9 Å². The van der Waals surface area contributed by atoms with Gasteiger partial charge in [-0.2, -0.15) is 0 Å². The third-order valence-corrected chi connectivity index (χ3v) is 8.35. The number of carbonyl (C=O) groups is 1. The van der Waals surface area contributed by atoms with Crippen molar-refractivity contribution in [2.45, 2.75) is 71.1 Å². The van der Waals surface area contributed by atoms with Crippen LogP contribution in [0.3, 0.4) is 0 Å². The summed E-state index contributed by atoms with van der Waals surface area (Å²) in [5.74, 6) is 0. The van der Waals surface area contributed by atoms with Gasteiger partial charge in [0.1, 0.15) is 5.60 Å². The van der Waals surface area contributed by atoms with Crippen LogP contribution in [0.5, 0.6) is 0 Å². The second-order valence-electron chi connectivity index (χ2n) is 10.8. The van der Waals surface area contributed by atoms with Crippen LogP contribution in [0.1, 0.15) is 56.9 Å². The Morgan fingerprint density at radius 3 is 2.78 bits per heavy atom. The molecule has 1 fully saturated rings. The molecule has 2 aliphatic rings. The highest BCUT2D eigenvalue weighted by atomic mass is 35.5. The van der Waals surface area contributed by atoms with Crippen molar-refractivity contribution in [1.82, 2.24) is 9.88 Å². The molecule has 4 heterocycles. The van der Waals surface area contributed by atoms with Crippen LogP contribution in [-0.4, -0.2) is 52.4 Å². The minimum Gasteiger partial charge on any atom is -0.444 e. The lowest BCUT2D eigenvalue weighted by Crippen LogP contribution is -2.41. The third-order valence-electron chi connectivity index (χ3n) is 6.99. The number of rotatable bonds is 3. The fourth-order valence-corrected chi connectivity index (χ4v) is 6.73. The van der Waals surface area contributed by atoms with Gasteiger partial charge in [-0.25, -0.2) is 4.79 Å². The molecule has 192 valence electrons. The lowest BCUT2D eigenvalue weighted by atomic mass is 9.91. The summed E-state index contributed by atoms with van der Waals surface area (Å²) in [6.45, 7) is 8.15. The molecular formula is C28H34ClN3O3S. The Kier molecular flexibility index (Phi) is 7.16. The SMILES string of the molecule is CC(C)(C)OC(=O)N1CCC[C@@H](N2CCCc3cc(Cl)cc(-c4ccnc5cc(CO)sc45)c32)CC1. The minimum atomic E-state index is -0.490. The van der Waals surface area contributed by atoms with Crippen molar-refractivity contribution < 1.29 is 14.6 Å². The number of aliphatic hydroxyl groups excluding tert-OH is 1. The summed E-state index contributed by atoms with van der Waals surface area (Å²) < 4.78 is 6.73. The van der Waals surface area contributed by atoms with E-state index in [0.717, 1.165) is 76.4 Å². The van der Waals surface area contributed by atoms with Crippen LogP contribution in [-0.2, 0) is 17.8 Å². The number of ether oxygens (including phenoxy) is 1. The summed E-state index contributed by atoms with van der Waals surface area (Å²) in [6.07, 6.45) is 6.58. The predicted octanol–water partition coefficient (Wildman–Crippen LogP) is 6.65. The number of hydrogen-bond acceptors (Lipinski definition) is 6. The quantitative estimate of drug-likeness (QED) is 0.413. The molecule has 0 radical (unpaired) electrons. The van der Waals surface area contributed by atoms with Gasteiger partial charge in [0.15, 0.2) is 0 Å². The maximum atomic E-state index is 12.7. The number of thiophene rings is 1. The number of fused-ring (bicyclic) bond motifs is 2. The van der Waals surface area contributed by atoms with Crippen molar-refractivity contribution in [3.8, 4) is 11.1 Å². The highest BCUT2D eigenvalue weighted by Crippen LogP contribution is 2.45. The number of amides is 1. The second kappa shape index (κ2) is 10.2. The fourth-order valence-electron chi connectivity index (χ4n) is 5.48. The van der Waals surface area contributed by atoms with Crippen molar-refractivity contribution in [2.75, 3.05) is 24.5 Å². The summed E-state index contributed by atoms with van der Waals surface area (Å²) in [5, 5.41) is 10.5. The molecule has 2 aliphatic heterocycles. The first-order chi connectivity index (χ1) is 17.2. The zero-order valence-corrected chi connectivity index (χ0v) is 22.8. The Bertz CT molecular complexity index is 1270. The predicted molar refractivity (Wildman–Crippen MR) is 147 cm³/mol. The fraction of sp³-hybridized carbons (Fsp3) is 0.500. The summed E-state index contributed by atoms with van der Waals surface area (Å²) in [4.78, 5) is 22.6. The average molecular weight is 528 g/mol. The Labute approximate surface area is 221 Å². The standard InChI is InChI=1S/C28H34ClN3O3S/c1-28(2,3)35-27(34)31-11-5-7-20(9-13-31)32-12-4-6-18-14-19(29)15-23(25(18)32)22-8-10-30-24-16-21(17-33)36-26(22)24/h8,10,14-16,20,33H,4-7,9,11-13,17H2,1-3H3/t20-/m1/s1. The number of nitrogens with zero attached hydrogens (tertiary/aromatic N) is 3. The van der Waals surface area contributed by atoms with Crippen molar-refractivity contribution in [1.29, 1.82) is 0 Å². The summed E-state index contributed by atoms with van der Waals surface area (Å²) in [5.41, 5.74) is 5.19. The van der Waals surface area contributed by atoms with Gasteiger partial charge in [-0.1, -0.05) is 11.6 Å². The maximum Gasteiger partial charge on any atom is 0.410 e. The van der Waals surface area contributed by atoms with Gasteiger partial charge in [0.05, 0.1) is 16.8 Å². The Balaban J connectivity index is 1.49. The average Bonchev–Trinajstić information content (AvgIpc) is 3.10. The van der Waals surface area contributed by atoms with Gasteiger partial charge >= 0.3 is 6.09 Å². The normalized spacial score (nSPS) is 18.8. The van der Waals surface area contributed by atoms with Gasteiger partial charge in [0.2, 0.25) is 0 Å². The number of aliphatic hydroxyl groups is 1. The number of likely N-dealkylation sites (tertiary alicyclic amines) is 1. The van der Waals surface area contributed by atoms with E-state index >= 15 is 0 Å². The number of anilines is 1. The van der Waals surface area contributed by atoms with Gasteiger partial charge in [-0.05, 0) is 82.7 Å². The molecule has 1 aromatic carbocycles. The molecule has 0 bridgehead atoms. The zero-order chi connectivity index (χ0) is 25.4. The second-order valence-corrected chi connectivity index (χ2v) is 12.3. The molecule has 36 heavy (non-hydrogen) atoms. The van der Waals surface area contributed by atoms with E-state index in [4.69, 9.17) is 16.3 Å². The van der Waals surface area contributed by atoms with Gasteiger partial charge in [0, 0.05) is 58.6 Å². The smallest absolute Gasteiger partial charge is 0.410 e.